The van der Waals surface area contributed by atoms with Crippen LogP contribution < -0.4 is 10.9 Å². The standard InChI is InChI=1S/C22H16BrN3O5/c1-13-10-19-24-16(11-20(27)26(19)31-13)12-30-22(29)14-6-8-15(9-7-14)25-21(28)17-4-2-3-5-18(17)23/h2-11H,12H2,1H3,(H,25,28). The molecule has 1 amide bonds. The minimum atomic E-state index is -0.575. The Hall–Kier alpha value is -3.72. The zero-order valence-corrected chi connectivity index (χ0v) is 17.9. The van der Waals surface area contributed by atoms with Crippen LogP contribution in [-0.2, 0) is 11.3 Å². The van der Waals surface area contributed by atoms with E-state index in [4.69, 9.17) is 9.26 Å². The molecule has 2 aromatic carbocycles. The molecule has 0 saturated carbocycles. The Labute approximate surface area is 184 Å². The van der Waals surface area contributed by atoms with Gasteiger partial charge in [0, 0.05) is 22.3 Å². The van der Waals surface area contributed by atoms with Gasteiger partial charge in [0.15, 0.2) is 5.65 Å². The van der Waals surface area contributed by atoms with Crippen molar-refractivity contribution in [1.29, 1.82) is 0 Å². The van der Waals surface area contributed by atoms with Crippen molar-refractivity contribution in [3.05, 3.63) is 98.1 Å². The minimum absolute atomic E-state index is 0.157. The second-order valence-electron chi connectivity index (χ2n) is 6.67. The maximum atomic E-state index is 12.4. The molecule has 0 saturated heterocycles. The number of nitrogens with zero attached hydrogens (tertiary/aromatic N) is 2. The number of carbonyl (C=O) groups is 2. The average Bonchev–Trinajstić information content (AvgIpc) is 3.13. The van der Waals surface area contributed by atoms with Gasteiger partial charge in [-0.3, -0.25) is 9.59 Å². The summed E-state index contributed by atoms with van der Waals surface area (Å²) in [4.78, 5) is 41.0. The van der Waals surface area contributed by atoms with Crippen molar-refractivity contribution in [2.24, 2.45) is 0 Å². The van der Waals surface area contributed by atoms with E-state index in [1.807, 2.05) is 6.07 Å². The van der Waals surface area contributed by atoms with Crippen LogP contribution in [0.4, 0.5) is 5.69 Å². The number of carbonyl (C=O) groups excluding carboxylic acids is 2. The molecule has 1 N–H and O–H groups in total. The van der Waals surface area contributed by atoms with Crippen molar-refractivity contribution < 1.29 is 18.8 Å². The van der Waals surface area contributed by atoms with E-state index in [1.165, 1.54) is 6.07 Å². The molecule has 9 heteroatoms. The summed E-state index contributed by atoms with van der Waals surface area (Å²) in [7, 11) is 0. The van der Waals surface area contributed by atoms with E-state index in [0.717, 1.165) is 4.57 Å². The van der Waals surface area contributed by atoms with Crippen LogP contribution in [0.3, 0.4) is 0 Å². The first-order valence-corrected chi connectivity index (χ1v) is 10.0. The number of aromatic nitrogens is 2. The van der Waals surface area contributed by atoms with E-state index in [2.05, 4.69) is 26.2 Å². The first kappa shape index (κ1) is 20.5. The quantitative estimate of drug-likeness (QED) is 0.432. The van der Waals surface area contributed by atoms with Crippen molar-refractivity contribution >= 4 is 39.1 Å². The monoisotopic (exact) mass is 481 g/mol. The number of hydrogen-bond donors (Lipinski definition) is 1. The number of aryl methyl sites for hydroxylation is 1. The summed E-state index contributed by atoms with van der Waals surface area (Å²) in [5, 5.41) is 2.77. The lowest BCUT2D eigenvalue weighted by Crippen LogP contribution is -2.15. The number of hydrogen-bond acceptors (Lipinski definition) is 6. The summed E-state index contributed by atoms with van der Waals surface area (Å²) in [6.45, 7) is 1.55. The Bertz CT molecular complexity index is 1340. The molecule has 31 heavy (non-hydrogen) atoms. The molecule has 8 nitrogen and oxygen atoms in total. The molecule has 0 aliphatic rings. The van der Waals surface area contributed by atoms with Crippen LogP contribution in [0.5, 0.6) is 0 Å². The summed E-state index contributed by atoms with van der Waals surface area (Å²) in [5.74, 6) is -0.301. The Kier molecular flexibility index (Phi) is 5.68. The van der Waals surface area contributed by atoms with E-state index >= 15 is 0 Å². The molecule has 156 valence electrons. The van der Waals surface area contributed by atoms with Crippen molar-refractivity contribution in [3.63, 3.8) is 0 Å². The molecule has 0 fully saturated rings. The van der Waals surface area contributed by atoms with E-state index in [1.54, 1.807) is 55.5 Å². The maximum Gasteiger partial charge on any atom is 0.338 e. The number of nitrogens with one attached hydrogen (secondary N) is 1. The summed E-state index contributed by atoms with van der Waals surface area (Å²) in [6.07, 6.45) is 0. The van der Waals surface area contributed by atoms with Crippen molar-refractivity contribution in [2.45, 2.75) is 13.5 Å². The minimum Gasteiger partial charge on any atom is -0.456 e. The van der Waals surface area contributed by atoms with Gasteiger partial charge in [0.1, 0.15) is 12.4 Å². The van der Waals surface area contributed by atoms with Crippen LogP contribution in [0.2, 0.25) is 0 Å². The molecular formula is C22H16BrN3O5. The van der Waals surface area contributed by atoms with Crippen LogP contribution in [0, 0.1) is 6.92 Å². The fourth-order valence-electron chi connectivity index (χ4n) is 2.90. The third-order valence-electron chi connectivity index (χ3n) is 4.37. The molecule has 4 rings (SSSR count). The van der Waals surface area contributed by atoms with Gasteiger partial charge in [0.2, 0.25) is 0 Å². The van der Waals surface area contributed by atoms with Gasteiger partial charge >= 0.3 is 5.97 Å². The fraction of sp³-hybridized carbons (Fsp3) is 0.0909. The highest BCUT2D eigenvalue weighted by atomic mass is 79.9. The van der Waals surface area contributed by atoms with E-state index in [9.17, 15) is 14.4 Å². The van der Waals surface area contributed by atoms with E-state index < -0.39 is 11.5 Å². The average molecular weight is 482 g/mol. The largest absolute Gasteiger partial charge is 0.456 e. The summed E-state index contributed by atoms with van der Waals surface area (Å²) in [6, 6.07) is 16.3. The molecule has 2 heterocycles. The Morgan fingerprint density at radius 2 is 1.87 bits per heavy atom. The third kappa shape index (κ3) is 4.56. The maximum absolute atomic E-state index is 12.4. The number of ether oxygens (including phenoxy) is 1. The zero-order chi connectivity index (χ0) is 22.0. The molecule has 0 radical (unpaired) electrons. The topological polar surface area (TPSA) is 103 Å². The lowest BCUT2D eigenvalue weighted by molar-refractivity contribution is 0.0467. The SMILES string of the molecule is Cc1cc2nc(COC(=O)c3ccc(NC(=O)c4ccccc4Br)cc3)cc(=O)n2o1. The Balaban J connectivity index is 1.40. The number of rotatable bonds is 5. The molecule has 0 aliphatic heterocycles. The van der Waals surface area contributed by atoms with Gasteiger partial charge in [-0.1, -0.05) is 12.1 Å². The van der Waals surface area contributed by atoms with Crippen LogP contribution >= 0.6 is 15.9 Å². The number of amides is 1. The molecule has 4 aromatic rings. The van der Waals surface area contributed by atoms with Crippen LogP contribution in [0.25, 0.3) is 5.65 Å². The van der Waals surface area contributed by atoms with Gasteiger partial charge in [-0.25, -0.2) is 9.78 Å². The lowest BCUT2D eigenvalue weighted by atomic mass is 10.2. The van der Waals surface area contributed by atoms with Gasteiger partial charge in [-0.15, -0.1) is 4.57 Å². The second kappa shape index (κ2) is 8.57. The number of halogens is 1. The molecular weight excluding hydrogens is 466 g/mol. The number of benzene rings is 2. The third-order valence-corrected chi connectivity index (χ3v) is 5.06. The van der Waals surface area contributed by atoms with Gasteiger partial charge in [-0.2, -0.15) is 0 Å². The summed E-state index contributed by atoms with van der Waals surface area (Å²) >= 11 is 3.34. The lowest BCUT2D eigenvalue weighted by Gasteiger charge is -2.08. The highest BCUT2D eigenvalue weighted by Gasteiger charge is 2.13. The first-order chi connectivity index (χ1) is 14.9. The highest BCUT2D eigenvalue weighted by molar-refractivity contribution is 9.10. The Morgan fingerprint density at radius 1 is 1.13 bits per heavy atom. The van der Waals surface area contributed by atoms with Gasteiger partial charge < -0.3 is 14.6 Å². The first-order valence-electron chi connectivity index (χ1n) is 9.23. The molecule has 0 unspecified atom stereocenters. The molecule has 2 aromatic heterocycles. The Morgan fingerprint density at radius 3 is 2.61 bits per heavy atom. The molecule has 0 atom stereocenters. The van der Waals surface area contributed by atoms with Crippen LogP contribution in [0.1, 0.15) is 32.2 Å². The predicted octanol–water partition coefficient (Wildman–Crippen LogP) is 3.97. The zero-order valence-electron chi connectivity index (χ0n) is 16.3. The van der Waals surface area contributed by atoms with E-state index in [0.29, 0.717) is 38.4 Å². The van der Waals surface area contributed by atoms with E-state index in [-0.39, 0.29) is 12.5 Å². The molecule has 0 spiro atoms. The highest BCUT2D eigenvalue weighted by Crippen LogP contribution is 2.18. The van der Waals surface area contributed by atoms with Gasteiger partial charge in [-0.05, 0) is 59.3 Å². The normalized spacial score (nSPS) is 10.8. The fourth-order valence-corrected chi connectivity index (χ4v) is 3.37. The summed E-state index contributed by atoms with van der Waals surface area (Å²) < 4.78 is 12.2. The van der Waals surface area contributed by atoms with Gasteiger partial charge in [0.25, 0.3) is 11.5 Å². The van der Waals surface area contributed by atoms with Crippen molar-refractivity contribution in [2.75, 3.05) is 5.32 Å². The van der Waals surface area contributed by atoms with Crippen LogP contribution in [-0.4, -0.2) is 21.4 Å². The van der Waals surface area contributed by atoms with Gasteiger partial charge in [0.05, 0.1) is 16.8 Å². The smallest absolute Gasteiger partial charge is 0.338 e. The molecule has 0 bridgehead atoms. The summed E-state index contributed by atoms with van der Waals surface area (Å²) in [5.41, 5.74) is 1.61. The molecule has 0 aliphatic carbocycles. The van der Waals surface area contributed by atoms with Crippen molar-refractivity contribution in [3.8, 4) is 0 Å². The number of fused-ring (bicyclic) bond motifs is 1. The second-order valence-corrected chi connectivity index (χ2v) is 7.53. The number of esters is 1. The van der Waals surface area contributed by atoms with Crippen molar-refractivity contribution in [1.82, 2.24) is 9.56 Å². The number of anilines is 1. The van der Waals surface area contributed by atoms with Crippen LogP contribution in [0.15, 0.2) is 74.5 Å². The predicted molar refractivity (Wildman–Crippen MR) is 116 cm³/mol.